The van der Waals surface area contributed by atoms with Gasteiger partial charge in [0.15, 0.2) is 0 Å². The number of piperazine rings is 1. The summed E-state index contributed by atoms with van der Waals surface area (Å²) in [6.45, 7) is 6.38. The maximum Gasteiger partial charge on any atom is 0.411 e. The summed E-state index contributed by atoms with van der Waals surface area (Å²) < 4.78 is 5.24. The molecule has 5 heteroatoms. The Bertz CT molecular complexity index is 746. The Morgan fingerprint density at radius 3 is 1.94 bits per heavy atom. The number of carbonyl (C=O) groups is 1. The molecule has 0 radical (unpaired) electrons. The van der Waals surface area contributed by atoms with Crippen LogP contribution in [0.3, 0.4) is 0 Å². The second-order valence-electron chi connectivity index (χ2n) is 8.62. The van der Waals surface area contributed by atoms with Gasteiger partial charge in [-0.3, -0.25) is 10.2 Å². The normalized spacial score (nSPS) is 14.3. The van der Waals surface area contributed by atoms with E-state index in [1.54, 1.807) is 0 Å². The van der Waals surface area contributed by atoms with Crippen LogP contribution in [-0.2, 0) is 4.74 Å². The van der Waals surface area contributed by atoms with Crippen molar-refractivity contribution in [1.82, 2.24) is 4.90 Å². The number of anilines is 2. The molecule has 2 aromatic rings. The second-order valence-corrected chi connectivity index (χ2v) is 8.62. The van der Waals surface area contributed by atoms with Crippen LogP contribution in [-0.4, -0.2) is 50.3 Å². The van der Waals surface area contributed by atoms with Crippen LogP contribution in [0.5, 0.6) is 0 Å². The number of nitrogens with one attached hydrogen (secondary N) is 1. The molecule has 0 atom stereocenters. The number of para-hydroxylation sites is 2. The van der Waals surface area contributed by atoms with Gasteiger partial charge in [0.2, 0.25) is 0 Å². The molecular weight excluding hydrogens is 398 g/mol. The second kappa shape index (κ2) is 14.5. The molecule has 2 aromatic carbocycles. The highest BCUT2D eigenvalue weighted by atomic mass is 16.5. The molecule has 3 rings (SSSR count). The summed E-state index contributed by atoms with van der Waals surface area (Å²) in [4.78, 5) is 16.8. The maximum atomic E-state index is 11.7. The maximum absolute atomic E-state index is 11.7. The van der Waals surface area contributed by atoms with Crippen LogP contribution in [0, 0.1) is 0 Å². The zero-order valence-corrected chi connectivity index (χ0v) is 19.4. The number of amides is 1. The van der Waals surface area contributed by atoms with Crippen molar-refractivity contribution in [3.63, 3.8) is 0 Å². The average molecular weight is 438 g/mol. The monoisotopic (exact) mass is 437 g/mol. The van der Waals surface area contributed by atoms with Gasteiger partial charge in [-0.1, -0.05) is 74.9 Å². The van der Waals surface area contributed by atoms with Crippen molar-refractivity contribution >= 4 is 17.5 Å². The first-order valence-electron chi connectivity index (χ1n) is 12.3. The Kier molecular flexibility index (Phi) is 10.9. The number of carbonyl (C=O) groups excluding carboxylic acids is 1. The first-order valence-corrected chi connectivity index (χ1v) is 12.3. The Morgan fingerprint density at radius 1 is 0.719 bits per heavy atom. The summed E-state index contributed by atoms with van der Waals surface area (Å²) in [6, 6.07) is 20.2. The third kappa shape index (κ3) is 9.31. The standard InChI is InChI=1S/C27H39N3O2/c31-27(28-25-15-9-7-10-16-25)32-24-14-6-4-2-1-3-5-13-19-29-20-22-30(23-21-29)26-17-11-8-12-18-26/h7-12,15-18H,1-6,13-14,19-24H2,(H,28,31). The molecule has 1 heterocycles. The van der Waals surface area contributed by atoms with Crippen LogP contribution in [0.1, 0.15) is 51.4 Å². The van der Waals surface area contributed by atoms with Crippen LogP contribution in [0.2, 0.25) is 0 Å². The fourth-order valence-corrected chi connectivity index (χ4v) is 4.21. The zero-order chi connectivity index (χ0) is 22.3. The Labute approximate surface area is 193 Å². The Morgan fingerprint density at radius 2 is 1.28 bits per heavy atom. The fraction of sp³-hybridized carbons (Fsp3) is 0.519. The molecule has 1 amide bonds. The van der Waals surface area contributed by atoms with Gasteiger partial charge in [-0.15, -0.1) is 0 Å². The number of ether oxygens (including phenoxy) is 1. The number of rotatable bonds is 13. The van der Waals surface area contributed by atoms with Crippen molar-refractivity contribution in [3.8, 4) is 0 Å². The van der Waals surface area contributed by atoms with Crippen molar-refractivity contribution in [1.29, 1.82) is 0 Å². The highest BCUT2D eigenvalue weighted by Gasteiger charge is 2.16. The fourth-order valence-electron chi connectivity index (χ4n) is 4.21. The molecule has 1 fully saturated rings. The summed E-state index contributed by atoms with van der Waals surface area (Å²) in [5, 5.41) is 2.74. The van der Waals surface area contributed by atoms with Crippen molar-refractivity contribution in [3.05, 3.63) is 60.7 Å². The molecule has 1 aliphatic rings. The van der Waals surface area contributed by atoms with E-state index in [1.807, 2.05) is 30.3 Å². The van der Waals surface area contributed by atoms with Gasteiger partial charge < -0.3 is 9.64 Å². The smallest absolute Gasteiger partial charge is 0.411 e. The lowest BCUT2D eigenvalue weighted by Crippen LogP contribution is -2.46. The lowest BCUT2D eigenvalue weighted by molar-refractivity contribution is 0.159. The Balaban J connectivity index is 1.09. The van der Waals surface area contributed by atoms with E-state index in [4.69, 9.17) is 4.74 Å². The molecule has 32 heavy (non-hydrogen) atoms. The van der Waals surface area contributed by atoms with E-state index in [9.17, 15) is 4.79 Å². The van der Waals surface area contributed by atoms with Gasteiger partial charge in [-0.25, -0.2) is 4.79 Å². The molecule has 0 aliphatic carbocycles. The molecule has 0 unspecified atom stereocenters. The van der Waals surface area contributed by atoms with Gasteiger partial charge in [-0.2, -0.15) is 0 Å². The zero-order valence-electron chi connectivity index (χ0n) is 19.4. The number of hydrogen-bond acceptors (Lipinski definition) is 4. The third-order valence-electron chi connectivity index (χ3n) is 6.12. The summed E-state index contributed by atoms with van der Waals surface area (Å²) in [6.07, 6.45) is 9.52. The average Bonchev–Trinajstić information content (AvgIpc) is 2.84. The van der Waals surface area contributed by atoms with E-state index in [-0.39, 0.29) is 6.09 Å². The van der Waals surface area contributed by atoms with Crippen LogP contribution in [0.4, 0.5) is 16.2 Å². The Hall–Kier alpha value is -2.53. The molecule has 0 bridgehead atoms. The quantitative estimate of drug-likeness (QED) is 0.380. The number of hydrogen-bond donors (Lipinski definition) is 1. The van der Waals surface area contributed by atoms with Crippen LogP contribution < -0.4 is 10.2 Å². The van der Waals surface area contributed by atoms with Gasteiger partial charge in [-0.05, 0) is 43.7 Å². The molecule has 174 valence electrons. The number of unbranched alkanes of at least 4 members (excludes halogenated alkanes) is 7. The van der Waals surface area contributed by atoms with E-state index in [2.05, 4.69) is 45.4 Å². The SMILES string of the molecule is O=C(Nc1ccccc1)OCCCCCCCCCCN1CCN(c2ccccc2)CC1. The minimum Gasteiger partial charge on any atom is -0.449 e. The molecule has 5 nitrogen and oxygen atoms in total. The topological polar surface area (TPSA) is 44.8 Å². The number of nitrogens with zero attached hydrogens (tertiary/aromatic N) is 2. The minimum atomic E-state index is -0.363. The van der Waals surface area contributed by atoms with E-state index in [1.165, 1.54) is 63.8 Å². The van der Waals surface area contributed by atoms with Crippen molar-refractivity contribution < 1.29 is 9.53 Å². The highest BCUT2D eigenvalue weighted by molar-refractivity contribution is 5.84. The minimum absolute atomic E-state index is 0.363. The van der Waals surface area contributed by atoms with Crippen LogP contribution in [0.15, 0.2) is 60.7 Å². The molecule has 1 aliphatic heterocycles. The summed E-state index contributed by atoms with van der Waals surface area (Å²) in [7, 11) is 0. The molecule has 1 N–H and O–H groups in total. The molecule has 0 spiro atoms. The number of benzene rings is 2. The van der Waals surface area contributed by atoms with Crippen molar-refractivity contribution in [2.45, 2.75) is 51.4 Å². The first kappa shape index (κ1) is 24.1. The highest BCUT2D eigenvalue weighted by Crippen LogP contribution is 2.16. The van der Waals surface area contributed by atoms with Crippen molar-refractivity contribution in [2.24, 2.45) is 0 Å². The van der Waals surface area contributed by atoms with Gasteiger partial charge in [0.25, 0.3) is 0 Å². The van der Waals surface area contributed by atoms with Gasteiger partial charge >= 0.3 is 6.09 Å². The molecule has 0 aromatic heterocycles. The summed E-state index contributed by atoms with van der Waals surface area (Å²) >= 11 is 0. The third-order valence-corrected chi connectivity index (χ3v) is 6.12. The van der Waals surface area contributed by atoms with Gasteiger partial charge in [0.1, 0.15) is 0 Å². The molecule has 0 saturated carbocycles. The van der Waals surface area contributed by atoms with E-state index >= 15 is 0 Å². The van der Waals surface area contributed by atoms with Gasteiger partial charge in [0.05, 0.1) is 6.61 Å². The molecule has 1 saturated heterocycles. The van der Waals surface area contributed by atoms with Crippen molar-refractivity contribution in [2.75, 3.05) is 49.5 Å². The van der Waals surface area contributed by atoms with Crippen LogP contribution in [0.25, 0.3) is 0 Å². The van der Waals surface area contributed by atoms with Gasteiger partial charge in [0, 0.05) is 37.6 Å². The first-order chi connectivity index (χ1) is 15.8. The lowest BCUT2D eigenvalue weighted by atomic mass is 10.1. The summed E-state index contributed by atoms with van der Waals surface area (Å²) in [5.41, 5.74) is 2.13. The predicted molar refractivity (Wildman–Crippen MR) is 133 cm³/mol. The summed E-state index contributed by atoms with van der Waals surface area (Å²) in [5.74, 6) is 0. The largest absolute Gasteiger partial charge is 0.449 e. The van der Waals surface area contributed by atoms with Crippen LogP contribution >= 0.6 is 0 Å². The van der Waals surface area contributed by atoms with E-state index in [0.717, 1.165) is 31.6 Å². The molecular formula is C27H39N3O2. The van der Waals surface area contributed by atoms with E-state index in [0.29, 0.717) is 6.61 Å². The lowest BCUT2D eigenvalue weighted by Gasteiger charge is -2.36. The van der Waals surface area contributed by atoms with E-state index < -0.39 is 0 Å². The predicted octanol–water partition coefficient (Wildman–Crippen LogP) is 6.18.